The number of esters is 1. The van der Waals surface area contributed by atoms with Crippen molar-refractivity contribution in [3.8, 4) is 0 Å². The number of ether oxygens (including phenoxy) is 1. The average Bonchev–Trinajstić information content (AvgIpc) is 2.92. The fourth-order valence-corrected chi connectivity index (χ4v) is 1.83. The quantitative estimate of drug-likeness (QED) is 0.843. The maximum atomic E-state index is 11.5. The van der Waals surface area contributed by atoms with Gasteiger partial charge in [-0.3, -0.25) is 0 Å². The van der Waals surface area contributed by atoms with Gasteiger partial charge in [0, 0.05) is 32.4 Å². The van der Waals surface area contributed by atoms with Crippen molar-refractivity contribution in [3.63, 3.8) is 0 Å². The number of hydrogen-bond acceptors (Lipinski definition) is 6. The molecule has 0 aromatic carbocycles. The van der Waals surface area contributed by atoms with Crippen molar-refractivity contribution < 1.29 is 13.9 Å². The van der Waals surface area contributed by atoms with Crippen molar-refractivity contribution in [2.75, 3.05) is 31.4 Å². The first-order valence-electron chi connectivity index (χ1n) is 6.14. The first kappa shape index (κ1) is 13.9. The van der Waals surface area contributed by atoms with Gasteiger partial charge in [-0.25, -0.2) is 9.78 Å². The van der Waals surface area contributed by atoms with Crippen LogP contribution in [0.15, 0.2) is 35.1 Å². The molecule has 0 atom stereocenters. The van der Waals surface area contributed by atoms with E-state index in [9.17, 15) is 4.79 Å². The summed E-state index contributed by atoms with van der Waals surface area (Å²) in [6, 6.07) is 5.52. The van der Waals surface area contributed by atoms with Crippen LogP contribution in [0.4, 0.5) is 11.5 Å². The Bertz CT molecular complexity index is 593. The zero-order chi connectivity index (χ0) is 14.5. The number of aromatic nitrogens is 1. The van der Waals surface area contributed by atoms with Gasteiger partial charge < -0.3 is 19.4 Å². The molecule has 2 aromatic rings. The van der Waals surface area contributed by atoms with Crippen molar-refractivity contribution >= 4 is 17.5 Å². The standard InChI is InChI=1S/C14H17N3O3/c1-17(2)13-11(5-4-7-15-13)16-9-10-6-8-20-12(10)14(18)19-3/h4-8,16H,9H2,1-3H3. The number of nitrogens with zero attached hydrogens (tertiary/aromatic N) is 2. The van der Waals surface area contributed by atoms with Gasteiger partial charge >= 0.3 is 5.97 Å². The summed E-state index contributed by atoms with van der Waals surface area (Å²) < 4.78 is 9.81. The van der Waals surface area contributed by atoms with Gasteiger partial charge in [-0.15, -0.1) is 0 Å². The zero-order valence-electron chi connectivity index (χ0n) is 11.7. The Hall–Kier alpha value is -2.50. The van der Waals surface area contributed by atoms with Gasteiger partial charge in [0.2, 0.25) is 5.76 Å². The second-order valence-corrected chi connectivity index (χ2v) is 4.39. The van der Waals surface area contributed by atoms with Gasteiger partial charge in [-0.05, 0) is 18.2 Å². The van der Waals surface area contributed by atoms with Crippen LogP contribution in [0.1, 0.15) is 16.1 Å². The van der Waals surface area contributed by atoms with Crippen LogP contribution in [0.3, 0.4) is 0 Å². The van der Waals surface area contributed by atoms with Crippen LogP contribution in [-0.2, 0) is 11.3 Å². The molecule has 0 fully saturated rings. The molecule has 2 rings (SSSR count). The minimum absolute atomic E-state index is 0.218. The number of anilines is 2. The second kappa shape index (κ2) is 6.10. The molecular weight excluding hydrogens is 258 g/mol. The molecule has 106 valence electrons. The van der Waals surface area contributed by atoms with Crippen molar-refractivity contribution in [2.45, 2.75) is 6.54 Å². The Kier molecular flexibility index (Phi) is 4.24. The van der Waals surface area contributed by atoms with Gasteiger partial charge in [0.15, 0.2) is 5.82 Å². The highest BCUT2D eigenvalue weighted by atomic mass is 16.5. The maximum absolute atomic E-state index is 11.5. The van der Waals surface area contributed by atoms with Gasteiger partial charge in [0.25, 0.3) is 0 Å². The summed E-state index contributed by atoms with van der Waals surface area (Å²) in [5.41, 5.74) is 1.62. The normalized spacial score (nSPS) is 10.2. The fraction of sp³-hybridized carbons (Fsp3) is 0.286. The van der Waals surface area contributed by atoms with Gasteiger partial charge in [-0.2, -0.15) is 0 Å². The van der Waals surface area contributed by atoms with Crippen LogP contribution in [0, 0.1) is 0 Å². The highest BCUT2D eigenvalue weighted by molar-refractivity contribution is 5.88. The van der Waals surface area contributed by atoms with Crippen molar-refractivity contribution in [3.05, 3.63) is 42.0 Å². The SMILES string of the molecule is COC(=O)c1occc1CNc1cccnc1N(C)C. The molecule has 2 aromatic heterocycles. The van der Waals surface area contributed by atoms with Gasteiger partial charge in [0.1, 0.15) is 0 Å². The summed E-state index contributed by atoms with van der Waals surface area (Å²) in [6.07, 6.45) is 3.21. The number of hydrogen-bond donors (Lipinski definition) is 1. The molecule has 0 unspecified atom stereocenters. The van der Waals surface area contributed by atoms with E-state index in [4.69, 9.17) is 4.42 Å². The number of nitrogens with one attached hydrogen (secondary N) is 1. The first-order chi connectivity index (χ1) is 9.63. The minimum Gasteiger partial charge on any atom is -0.463 e. The average molecular weight is 275 g/mol. The molecule has 0 aliphatic rings. The molecule has 0 bridgehead atoms. The van der Waals surface area contributed by atoms with Crippen LogP contribution < -0.4 is 10.2 Å². The highest BCUT2D eigenvalue weighted by Gasteiger charge is 2.16. The summed E-state index contributed by atoms with van der Waals surface area (Å²) in [5, 5.41) is 3.24. The molecule has 0 saturated heterocycles. The zero-order valence-corrected chi connectivity index (χ0v) is 11.7. The van der Waals surface area contributed by atoms with Crippen LogP contribution in [0.5, 0.6) is 0 Å². The number of methoxy groups -OCH3 is 1. The van der Waals surface area contributed by atoms with Gasteiger partial charge in [-0.1, -0.05) is 0 Å². The Morgan fingerprint density at radius 2 is 2.25 bits per heavy atom. The van der Waals surface area contributed by atoms with Crippen LogP contribution >= 0.6 is 0 Å². The third kappa shape index (κ3) is 2.90. The van der Waals surface area contributed by atoms with Crippen LogP contribution in [0.25, 0.3) is 0 Å². The molecule has 0 saturated carbocycles. The molecule has 2 heterocycles. The first-order valence-corrected chi connectivity index (χ1v) is 6.14. The number of pyridine rings is 1. The van der Waals surface area contributed by atoms with E-state index in [1.807, 2.05) is 31.1 Å². The number of furan rings is 1. The van der Waals surface area contributed by atoms with Crippen molar-refractivity contribution in [2.24, 2.45) is 0 Å². The van der Waals surface area contributed by atoms with Crippen LogP contribution in [0.2, 0.25) is 0 Å². The van der Waals surface area contributed by atoms with Crippen molar-refractivity contribution in [1.29, 1.82) is 0 Å². The Balaban J connectivity index is 2.14. The third-order valence-corrected chi connectivity index (χ3v) is 2.80. The number of rotatable bonds is 5. The lowest BCUT2D eigenvalue weighted by atomic mass is 10.2. The van der Waals surface area contributed by atoms with Crippen LogP contribution in [-0.4, -0.2) is 32.2 Å². The van der Waals surface area contributed by atoms with E-state index in [0.717, 1.165) is 17.1 Å². The molecule has 0 spiro atoms. The Morgan fingerprint density at radius 3 is 2.95 bits per heavy atom. The summed E-state index contributed by atoms with van der Waals surface area (Å²) in [7, 11) is 5.17. The maximum Gasteiger partial charge on any atom is 0.374 e. The monoisotopic (exact) mass is 275 g/mol. The van der Waals surface area contributed by atoms with E-state index in [2.05, 4.69) is 15.0 Å². The fourth-order valence-electron chi connectivity index (χ4n) is 1.83. The van der Waals surface area contributed by atoms with E-state index in [-0.39, 0.29) is 5.76 Å². The molecule has 6 nitrogen and oxygen atoms in total. The molecule has 0 radical (unpaired) electrons. The molecular formula is C14H17N3O3. The Morgan fingerprint density at radius 1 is 1.45 bits per heavy atom. The summed E-state index contributed by atoms with van der Waals surface area (Å²) in [4.78, 5) is 17.7. The molecule has 0 aliphatic carbocycles. The van der Waals surface area contributed by atoms with E-state index in [0.29, 0.717) is 6.54 Å². The topological polar surface area (TPSA) is 67.6 Å². The van der Waals surface area contributed by atoms with E-state index >= 15 is 0 Å². The number of carbonyl (C=O) groups excluding carboxylic acids is 1. The summed E-state index contributed by atoms with van der Waals surface area (Å²) in [5.74, 6) is 0.566. The lowest BCUT2D eigenvalue weighted by molar-refractivity contribution is 0.0563. The van der Waals surface area contributed by atoms with E-state index in [1.54, 1.807) is 12.3 Å². The lowest BCUT2D eigenvalue weighted by Gasteiger charge is -2.16. The predicted octanol–water partition coefficient (Wildman–Crippen LogP) is 2.14. The minimum atomic E-state index is -0.481. The molecule has 0 amide bonds. The smallest absolute Gasteiger partial charge is 0.374 e. The highest BCUT2D eigenvalue weighted by Crippen LogP contribution is 2.22. The predicted molar refractivity (Wildman–Crippen MR) is 75.9 cm³/mol. The molecule has 1 N–H and O–H groups in total. The van der Waals surface area contributed by atoms with E-state index < -0.39 is 5.97 Å². The third-order valence-electron chi connectivity index (χ3n) is 2.80. The van der Waals surface area contributed by atoms with Gasteiger partial charge in [0.05, 0.1) is 19.1 Å². The second-order valence-electron chi connectivity index (χ2n) is 4.39. The molecule has 20 heavy (non-hydrogen) atoms. The van der Waals surface area contributed by atoms with Crippen molar-refractivity contribution in [1.82, 2.24) is 4.98 Å². The Labute approximate surface area is 117 Å². The molecule has 0 aliphatic heterocycles. The summed E-state index contributed by atoms with van der Waals surface area (Å²) in [6.45, 7) is 0.452. The lowest BCUT2D eigenvalue weighted by Crippen LogP contribution is -2.14. The van der Waals surface area contributed by atoms with E-state index in [1.165, 1.54) is 13.4 Å². The molecule has 6 heteroatoms. The largest absolute Gasteiger partial charge is 0.463 e. The summed E-state index contributed by atoms with van der Waals surface area (Å²) >= 11 is 0. The number of carbonyl (C=O) groups is 1.